The Balaban J connectivity index is 2.13. The monoisotopic (exact) mass is 312 g/mol. The molecule has 116 valence electrons. The van der Waals surface area contributed by atoms with Crippen LogP contribution < -0.4 is 4.90 Å². The molecule has 0 radical (unpaired) electrons. The first-order valence-electron chi connectivity index (χ1n) is 6.96. The van der Waals surface area contributed by atoms with Gasteiger partial charge in [0.15, 0.2) is 0 Å². The maximum Gasteiger partial charge on any atom is 0.265 e. The van der Waals surface area contributed by atoms with E-state index in [9.17, 15) is 18.8 Å². The molecule has 1 aliphatic rings. The first kappa shape index (κ1) is 14.9. The number of nitrogens with zero attached hydrogens (tertiary/aromatic N) is 2. The van der Waals surface area contributed by atoms with Crippen LogP contribution >= 0.6 is 0 Å². The lowest BCUT2D eigenvalue weighted by atomic mass is 10.1. The van der Waals surface area contributed by atoms with Gasteiger partial charge in [-0.05, 0) is 30.3 Å². The molecule has 2 aromatic carbocycles. The van der Waals surface area contributed by atoms with E-state index in [0.29, 0.717) is 0 Å². The smallest absolute Gasteiger partial charge is 0.265 e. The zero-order valence-corrected chi connectivity index (χ0v) is 12.3. The van der Waals surface area contributed by atoms with Crippen molar-refractivity contribution in [1.29, 1.82) is 0 Å². The average molecular weight is 312 g/mol. The van der Waals surface area contributed by atoms with E-state index in [1.807, 2.05) is 0 Å². The molecule has 0 fully saturated rings. The highest BCUT2D eigenvalue weighted by molar-refractivity contribution is 6.25. The van der Waals surface area contributed by atoms with Gasteiger partial charge in [0.2, 0.25) is 0 Å². The number of benzene rings is 2. The van der Waals surface area contributed by atoms with Gasteiger partial charge in [0, 0.05) is 12.6 Å². The third kappa shape index (κ3) is 2.59. The second-order valence-electron chi connectivity index (χ2n) is 5.22. The highest BCUT2D eigenvalue weighted by atomic mass is 19.1. The number of carbonyl (C=O) groups excluding carboxylic acids is 3. The Morgan fingerprint density at radius 1 is 1.09 bits per heavy atom. The summed E-state index contributed by atoms with van der Waals surface area (Å²) < 4.78 is 13.4. The van der Waals surface area contributed by atoms with Crippen molar-refractivity contribution in [2.45, 2.75) is 0 Å². The van der Waals surface area contributed by atoms with Gasteiger partial charge >= 0.3 is 0 Å². The van der Waals surface area contributed by atoms with Crippen molar-refractivity contribution in [1.82, 2.24) is 4.90 Å². The van der Waals surface area contributed by atoms with Gasteiger partial charge in [-0.3, -0.25) is 14.4 Å². The summed E-state index contributed by atoms with van der Waals surface area (Å²) in [7, 11) is 1.49. The van der Waals surface area contributed by atoms with E-state index in [4.69, 9.17) is 0 Å². The topological polar surface area (TPSA) is 57.7 Å². The van der Waals surface area contributed by atoms with Crippen LogP contribution in [0.15, 0.2) is 48.5 Å². The van der Waals surface area contributed by atoms with Crippen LogP contribution in [0.5, 0.6) is 0 Å². The molecule has 6 heteroatoms. The Labute approximate surface area is 131 Å². The summed E-state index contributed by atoms with van der Waals surface area (Å²) >= 11 is 0. The zero-order valence-electron chi connectivity index (χ0n) is 12.3. The fraction of sp³-hybridized carbons (Fsp3) is 0.118. The summed E-state index contributed by atoms with van der Waals surface area (Å²) in [6.07, 6.45) is 0. The van der Waals surface area contributed by atoms with Gasteiger partial charge in [-0.2, -0.15) is 0 Å². The molecular weight excluding hydrogens is 299 g/mol. The molecule has 0 bridgehead atoms. The molecule has 3 rings (SSSR count). The molecule has 0 spiro atoms. The van der Waals surface area contributed by atoms with Crippen LogP contribution in [0, 0.1) is 5.82 Å². The minimum atomic E-state index is -0.662. The van der Waals surface area contributed by atoms with Crippen LogP contribution in [0.3, 0.4) is 0 Å². The van der Waals surface area contributed by atoms with Crippen molar-refractivity contribution in [2.24, 2.45) is 0 Å². The molecule has 0 aromatic heterocycles. The summed E-state index contributed by atoms with van der Waals surface area (Å²) in [5.41, 5.74) is 0.511. The second kappa shape index (κ2) is 5.64. The summed E-state index contributed by atoms with van der Waals surface area (Å²) in [5.74, 6) is -2.12. The Hall–Kier alpha value is -3.02. The largest absolute Gasteiger partial charge is 0.332 e. The number of hydrogen-bond donors (Lipinski definition) is 0. The quantitative estimate of drug-likeness (QED) is 0.758. The van der Waals surface area contributed by atoms with Crippen molar-refractivity contribution < 1.29 is 18.8 Å². The number of amides is 3. The summed E-state index contributed by atoms with van der Waals surface area (Å²) in [5, 5.41) is 0. The minimum Gasteiger partial charge on any atom is -0.332 e. The van der Waals surface area contributed by atoms with E-state index < -0.39 is 17.6 Å². The first-order chi connectivity index (χ1) is 11.0. The molecule has 0 N–H and O–H groups in total. The summed E-state index contributed by atoms with van der Waals surface area (Å²) in [6, 6.07) is 11.5. The lowest BCUT2D eigenvalue weighted by Crippen LogP contribution is -2.41. The van der Waals surface area contributed by atoms with Crippen LogP contribution in [0.2, 0.25) is 0 Å². The number of hydrogen-bond acceptors (Lipinski definition) is 3. The normalized spacial score (nSPS) is 14.5. The number of rotatable bonds is 1. The molecular formula is C17H13FN2O3. The van der Waals surface area contributed by atoms with E-state index in [0.717, 1.165) is 11.0 Å². The predicted octanol–water partition coefficient (Wildman–Crippen LogP) is 2.08. The molecule has 0 atom stereocenters. The Kier molecular flexibility index (Phi) is 3.65. The third-order valence-corrected chi connectivity index (χ3v) is 3.62. The third-order valence-electron chi connectivity index (χ3n) is 3.62. The van der Waals surface area contributed by atoms with Crippen LogP contribution in [0.4, 0.5) is 10.1 Å². The van der Waals surface area contributed by atoms with Crippen LogP contribution in [0.25, 0.3) is 0 Å². The highest BCUT2D eigenvalue weighted by Gasteiger charge is 2.33. The number of anilines is 1. The number of likely N-dealkylation sites (N-methyl/N-ethyl adjacent to an activating group) is 1. The van der Waals surface area contributed by atoms with E-state index >= 15 is 0 Å². The maximum atomic E-state index is 13.4. The van der Waals surface area contributed by atoms with E-state index in [1.54, 1.807) is 18.2 Å². The lowest BCUT2D eigenvalue weighted by Gasteiger charge is -2.20. The van der Waals surface area contributed by atoms with E-state index in [1.165, 1.54) is 36.2 Å². The Morgan fingerprint density at radius 2 is 1.83 bits per heavy atom. The van der Waals surface area contributed by atoms with Gasteiger partial charge in [-0.15, -0.1) is 0 Å². The molecule has 1 aliphatic heterocycles. The first-order valence-corrected chi connectivity index (χ1v) is 6.96. The zero-order chi connectivity index (χ0) is 16.6. The molecule has 2 aromatic rings. The molecule has 23 heavy (non-hydrogen) atoms. The van der Waals surface area contributed by atoms with E-state index in [-0.39, 0.29) is 29.3 Å². The molecule has 5 nitrogen and oxygen atoms in total. The van der Waals surface area contributed by atoms with Gasteiger partial charge in [-0.25, -0.2) is 9.29 Å². The number of fused-ring (bicyclic) bond motifs is 1. The lowest BCUT2D eigenvalue weighted by molar-refractivity contribution is -0.118. The average Bonchev–Trinajstić information content (AvgIpc) is 2.63. The molecule has 3 amide bonds. The molecule has 0 aliphatic carbocycles. The SMILES string of the molecule is CN1CC(=O)N(C(=O)c2cccc(F)c2)c2ccccc2C1=O. The predicted molar refractivity (Wildman–Crippen MR) is 81.6 cm³/mol. The van der Waals surface area contributed by atoms with Crippen molar-refractivity contribution in [3.63, 3.8) is 0 Å². The molecule has 0 unspecified atom stereocenters. The fourth-order valence-corrected chi connectivity index (χ4v) is 2.51. The number of para-hydroxylation sites is 1. The number of imide groups is 1. The maximum absolute atomic E-state index is 13.4. The number of halogens is 1. The van der Waals surface area contributed by atoms with Crippen molar-refractivity contribution in [3.8, 4) is 0 Å². The van der Waals surface area contributed by atoms with Crippen LogP contribution in [-0.2, 0) is 4.79 Å². The number of carbonyl (C=O) groups is 3. The van der Waals surface area contributed by atoms with Gasteiger partial charge < -0.3 is 4.90 Å². The molecule has 1 heterocycles. The van der Waals surface area contributed by atoms with Gasteiger partial charge in [-0.1, -0.05) is 18.2 Å². The fourth-order valence-electron chi connectivity index (χ4n) is 2.51. The van der Waals surface area contributed by atoms with Gasteiger partial charge in [0.05, 0.1) is 11.3 Å². The second-order valence-corrected chi connectivity index (χ2v) is 5.22. The Morgan fingerprint density at radius 3 is 2.57 bits per heavy atom. The highest BCUT2D eigenvalue weighted by Crippen LogP contribution is 2.26. The van der Waals surface area contributed by atoms with Crippen LogP contribution in [-0.4, -0.2) is 36.2 Å². The van der Waals surface area contributed by atoms with Crippen molar-refractivity contribution in [2.75, 3.05) is 18.5 Å². The minimum absolute atomic E-state index is 0.0464. The molecule has 0 saturated heterocycles. The Bertz CT molecular complexity index is 819. The van der Waals surface area contributed by atoms with Crippen molar-refractivity contribution >= 4 is 23.4 Å². The van der Waals surface area contributed by atoms with Crippen molar-refractivity contribution in [3.05, 3.63) is 65.5 Å². The summed E-state index contributed by atoms with van der Waals surface area (Å²) in [6.45, 7) is -0.228. The summed E-state index contributed by atoms with van der Waals surface area (Å²) in [4.78, 5) is 39.7. The molecule has 0 saturated carbocycles. The standard InChI is InChI=1S/C17H13FN2O3/c1-19-10-15(21)20(14-8-3-2-7-13(14)17(19)23)16(22)11-5-4-6-12(18)9-11/h2-9H,10H2,1H3. The van der Waals surface area contributed by atoms with E-state index in [2.05, 4.69) is 0 Å². The van der Waals surface area contributed by atoms with Gasteiger partial charge in [0.1, 0.15) is 12.4 Å². The van der Waals surface area contributed by atoms with Gasteiger partial charge in [0.25, 0.3) is 17.7 Å². The van der Waals surface area contributed by atoms with Crippen LogP contribution in [0.1, 0.15) is 20.7 Å².